The number of hydrogen-bond acceptors (Lipinski definition) is 3. The highest BCUT2D eigenvalue weighted by molar-refractivity contribution is 7.98. The second kappa shape index (κ2) is 7.09. The van der Waals surface area contributed by atoms with Crippen LogP contribution in [0.1, 0.15) is 26.0 Å². The van der Waals surface area contributed by atoms with Crippen LogP contribution in [0.25, 0.3) is 0 Å². The molecule has 0 bridgehead atoms. The molecule has 1 aromatic heterocycles. The van der Waals surface area contributed by atoms with Gasteiger partial charge in [-0.25, -0.2) is 0 Å². The van der Waals surface area contributed by atoms with E-state index in [1.165, 1.54) is 0 Å². The Balaban J connectivity index is 2.00. The van der Waals surface area contributed by atoms with Crippen LogP contribution in [0, 0.1) is 4.77 Å². The Hall–Kier alpha value is -0.260. The summed E-state index contributed by atoms with van der Waals surface area (Å²) in [4.78, 5) is 6.05. The van der Waals surface area contributed by atoms with Gasteiger partial charge < -0.3 is 14.7 Å². The third-order valence-corrected chi connectivity index (χ3v) is 3.11. The lowest BCUT2D eigenvalue weighted by Crippen LogP contribution is -2.04. The Morgan fingerprint density at radius 1 is 1.53 bits per heavy atom. The minimum atomic E-state index is 0.343. The molecule has 0 amide bonds. The maximum Gasteiger partial charge on any atom is 0.174 e. The van der Waals surface area contributed by atoms with Crippen LogP contribution in [0.5, 0.6) is 0 Å². The van der Waals surface area contributed by atoms with Crippen molar-refractivity contribution in [3.8, 4) is 0 Å². The first-order chi connectivity index (χ1) is 7.18. The molecule has 1 heterocycles. The molecular weight excluding hydrogens is 228 g/mol. The van der Waals surface area contributed by atoms with Crippen molar-refractivity contribution in [3.63, 3.8) is 0 Å². The molecule has 0 saturated heterocycles. The van der Waals surface area contributed by atoms with E-state index in [4.69, 9.17) is 17.0 Å². The van der Waals surface area contributed by atoms with Crippen LogP contribution in [-0.4, -0.2) is 28.4 Å². The summed E-state index contributed by atoms with van der Waals surface area (Å²) in [5, 5.41) is 0. The molecule has 0 unspecified atom stereocenters. The molecule has 5 heteroatoms. The number of imidazole rings is 1. The van der Waals surface area contributed by atoms with E-state index in [9.17, 15) is 0 Å². The molecule has 0 spiro atoms. The SMILES string of the molecule is CC(C)OCCCSCc1c[nH]c(=S)[nH]1. The first kappa shape index (κ1) is 12.8. The van der Waals surface area contributed by atoms with E-state index in [0.29, 0.717) is 10.9 Å². The normalized spacial score (nSPS) is 11.1. The van der Waals surface area contributed by atoms with Crippen molar-refractivity contribution in [2.75, 3.05) is 12.4 Å². The van der Waals surface area contributed by atoms with Gasteiger partial charge in [0.05, 0.1) is 6.10 Å². The maximum atomic E-state index is 5.45. The zero-order valence-corrected chi connectivity index (χ0v) is 10.8. The van der Waals surface area contributed by atoms with Crippen molar-refractivity contribution in [2.24, 2.45) is 0 Å². The number of thioether (sulfide) groups is 1. The number of nitrogens with one attached hydrogen (secondary N) is 2. The topological polar surface area (TPSA) is 40.8 Å². The van der Waals surface area contributed by atoms with E-state index in [1.54, 1.807) is 0 Å². The standard InChI is InChI=1S/C10H18N2OS2/c1-8(2)13-4-3-5-15-7-9-6-11-10(14)12-9/h6,8H,3-5,7H2,1-2H3,(H2,11,12,14). The Kier molecular flexibility index (Phi) is 6.05. The summed E-state index contributed by atoms with van der Waals surface area (Å²) >= 11 is 6.84. The summed E-state index contributed by atoms with van der Waals surface area (Å²) in [6, 6.07) is 0. The number of aromatic nitrogens is 2. The van der Waals surface area contributed by atoms with E-state index in [2.05, 4.69) is 23.8 Å². The Labute approximate surface area is 100 Å². The zero-order valence-electron chi connectivity index (χ0n) is 9.21. The second-order valence-electron chi connectivity index (χ2n) is 3.59. The van der Waals surface area contributed by atoms with Crippen LogP contribution >= 0.6 is 24.0 Å². The third-order valence-electron chi connectivity index (χ3n) is 1.79. The average Bonchev–Trinajstić information content (AvgIpc) is 2.57. The van der Waals surface area contributed by atoms with Crippen LogP contribution in [0.15, 0.2) is 6.20 Å². The second-order valence-corrected chi connectivity index (χ2v) is 5.11. The molecule has 0 aromatic carbocycles. The molecule has 0 atom stereocenters. The summed E-state index contributed by atoms with van der Waals surface area (Å²) in [6.07, 6.45) is 3.38. The smallest absolute Gasteiger partial charge is 0.174 e. The van der Waals surface area contributed by atoms with Crippen molar-refractivity contribution < 1.29 is 4.74 Å². The predicted octanol–water partition coefficient (Wildman–Crippen LogP) is 3.12. The van der Waals surface area contributed by atoms with Gasteiger partial charge in [0.2, 0.25) is 0 Å². The fraction of sp³-hybridized carbons (Fsp3) is 0.700. The largest absolute Gasteiger partial charge is 0.379 e. The number of ether oxygens (including phenoxy) is 1. The van der Waals surface area contributed by atoms with E-state index in [0.717, 1.165) is 30.2 Å². The number of rotatable bonds is 7. The first-order valence-electron chi connectivity index (χ1n) is 5.14. The highest BCUT2D eigenvalue weighted by Crippen LogP contribution is 2.10. The van der Waals surface area contributed by atoms with Crippen molar-refractivity contribution in [1.82, 2.24) is 9.97 Å². The van der Waals surface area contributed by atoms with E-state index >= 15 is 0 Å². The summed E-state index contributed by atoms with van der Waals surface area (Å²) in [6.45, 7) is 4.98. The molecule has 1 rings (SSSR count). The van der Waals surface area contributed by atoms with Gasteiger partial charge in [0.15, 0.2) is 4.77 Å². The van der Waals surface area contributed by atoms with Gasteiger partial charge in [0.25, 0.3) is 0 Å². The Morgan fingerprint density at radius 2 is 2.33 bits per heavy atom. The molecule has 0 fully saturated rings. The van der Waals surface area contributed by atoms with Gasteiger partial charge in [0.1, 0.15) is 0 Å². The molecule has 15 heavy (non-hydrogen) atoms. The summed E-state index contributed by atoms with van der Waals surface area (Å²) < 4.78 is 6.16. The molecule has 0 aliphatic heterocycles. The Morgan fingerprint density at radius 3 is 2.93 bits per heavy atom. The quantitative estimate of drug-likeness (QED) is 0.573. The zero-order chi connectivity index (χ0) is 11.1. The predicted molar refractivity (Wildman–Crippen MR) is 67.8 cm³/mol. The van der Waals surface area contributed by atoms with Crippen molar-refractivity contribution >= 4 is 24.0 Å². The molecule has 86 valence electrons. The van der Waals surface area contributed by atoms with Gasteiger partial charge in [-0.1, -0.05) is 0 Å². The summed E-state index contributed by atoms with van der Waals surface area (Å²) in [5.41, 5.74) is 1.16. The maximum absolute atomic E-state index is 5.45. The molecular formula is C10H18N2OS2. The lowest BCUT2D eigenvalue weighted by molar-refractivity contribution is 0.0800. The fourth-order valence-corrected chi connectivity index (χ4v) is 2.14. The summed E-state index contributed by atoms with van der Waals surface area (Å²) in [7, 11) is 0. The molecule has 0 saturated carbocycles. The van der Waals surface area contributed by atoms with Crippen LogP contribution in [0.3, 0.4) is 0 Å². The first-order valence-corrected chi connectivity index (χ1v) is 6.70. The van der Waals surface area contributed by atoms with E-state index in [-0.39, 0.29) is 0 Å². The lowest BCUT2D eigenvalue weighted by atomic mass is 10.4. The fourth-order valence-electron chi connectivity index (χ4n) is 1.11. The average molecular weight is 246 g/mol. The van der Waals surface area contributed by atoms with Gasteiger partial charge >= 0.3 is 0 Å². The van der Waals surface area contributed by atoms with Gasteiger partial charge in [-0.2, -0.15) is 11.8 Å². The lowest BCUT2D eigenvalue weighted by Gasteiger charge is -2.06. The van der Waals surface area contributed by atoms with E-state index in [1.807, 2.05) is 18.0 Å². The van der Waals surface area contributed by atoms with Crippen LogP contribution < -0.4 is 0 Å². The monoisotopic (exact) mass is 246 g/mol. The van der Waals surface area contributed by atoms with Gasteiger partial charge in [-0.3, -0.25) is 0 Å². The molecule has 0 aliphatic carbocycles. The van der Waals surface area contributed by atoms with Gasteiger partial charge in [-0.15, -0.1) is 0 Å². The molecule has 1 aromatic rings. The van der Waals surface area contributed by atoms with Crippen LogP contribution in [0.4, 0.5) is 0 Å². The van der Waals surface area contributed by atoms with Crippen molar-refractivity contribution in [1.29, 1.82) is 0 Å². The van der Waals surface area contributed by atoms with Gasteiger partial charge in [0, 0.05) is 24.3 Å². The van der Waals surface area contributed by atoms with Crippen LogP contribution in [0.2, 0.25) is 0 Å². The number of hydrogen-bond donors (Lipinski definition) is 2. The summed E-state index contributed by atoms with van der Waals surface area (Å²) in [5.74, 6) is 2.10. The Bertz CT molecular complexity index is 319. The minimum Gasteiger partial charge on any atom is -0.379 e. The highest BCUT2D eigenvalue weighted by Gasteiger charge is 1.96. The van der Waals surface area contributed by atoms with Crippen molar-refractivity contribution in [3.05, 3.63) is 16.7 Å². The highest BCUT2D eigenvalue weighted by atomic mass is 32.2. The molecule has 3 nitrogen and oxygen atoms in total. The minimum absolute atomic E-state index is 0.343. The number of H-pyrrole nitrogens is 2. The van der Waals surface area contributed by atoms with Crippen LogP contribution in [-0.2, 0) is 10.5 Å². The molecule has 0 radical (unpaired) electrons. The van der Waals surface area contributed by atoms with Crippen molar-refractivity contribution in [2.45, 2.75) is 32.1 Å². The van der Waals surface area contributed by atoms with E-state index < -0.39 is 0 Å². The molecule has 2 N–H and O–H groups in total. The third kappa shape index (κ3) is 6.02. The molecule has 0 aliphatic rings. The van der Waals surface area contributed by atoms with Gasteiger partial charge in [-0.05, 0) is 38.2 Å². The number of aromatic amines is 2.